The summed E-state index contributed by atoms with van der Waals surface area (Å²) in [7, 11) is -0.839. The fraction of sp³-hybridized carbons (Fsp3) is 0.345. The lowest BCUT2D eigenvalue weighted by Gasteiger charge is -2.44. The first-order valence-electron chi connectivity index (χ1n) is 12.8. The number of carbonyl (C=O) groups is 1. The van der Waals surface area contributed by atoms with Gasteiger partial charge in [-0.1, -0.05) is 19.9 Å². The van der Waals surface area contributed by atoms with Crippen LogP contribution in [0.5, 0.6) is 11.5 Å². The number of ether oxygens (including phenoxy) is 2. The lowest BCUT2D eigenvalue weighted by atomic mass is 9.68. The van der Waals surface area contributed by atoms with Crippen molar-refractivity contribution in [2.75, 3.05) is 25.7 Å². The van der Waals surface area contributed by atoms with Crippen molar-refractivity contribution in [1.29, 1.82) is 5.26 Å². The number of nitrogens with one attached hydrogen (secondary N) is 1. The van der Waals surface area contributed by atoms with Gasteiger partial charge in [0.2, 0.25) is 10.0 Å². The van der Waals surface area contributed by atoms with Crippen LogP contribution in [0.3, 0.4) is 0 Å². The van der Waals surface area contributed by atoms with E-state index in [1.807, 2.05) is 31.7 Å². The molecule has 1 unspecified atom stereocenters. The second-order valence-electron chi connectivity index (χ2n) is 10.4. The number of ketones is 1. The monoisotopic (exact) mass is 563 g/mol. The Morgan fingerprint density at radius 1 is 1.15 bits per heavy atom. The predicted octanol–water partition coefficient (Wildman–Crippen LogP) is 3.97. The zero-order valence-electron chi connectivity index (χ0n) is 23.2. The first kappa shape index (κ1) is 28.9. The van der Waals surface area contributed by atoms with Crippen molar-refractivity contribution in [3.8, 4) is 17.6 Å². The van der Waals surface area contributed by atoms with Crippen LogP contribution < -0.4 is 24.8 Å². The highest BCUT2D eigenvalue weighted by Crippen LogP contribution is 2.51. The molecule has 4 rings (SSSR count). The van der Waals surface area contributed by atoms with Crippen LogP contribution in [0.4, 0.5) is 5.69 Å². The molecule has 11 heteroatoms. The molecule has 2 aromatic carbocycles. The summed E-state index contributed by atoms with van der Waals surface area (Å²) in [4.78, 5) is 19.9. The van der Waals surface area contributed by atoms with Crippen LogP contribution in [0.15, 0.2) is 75.0 Å². The van der Waals surface area contributed by atoms with E-state index < -0.39 is 15.9 Å². The second-order valence-corrected chi connectivity index (χ2v) is 11.9. The molecule has 1 heterocycles. The molecule has 1 atom stereocenters. The summed E-state index contributed by atoms with van der Waals surface area (Å²) < 4.78 is 34.8. The Labute approximate surface area is 234 Å². The molecule has 0 spiro atoms. The average molecular weight is 564 g/mol. The van der Waals surface area contributed by atoms with Gasteiger partial charge in [-0.05, 0) is 60.7 Å². The third-order valence-electron chi connectivity index (χ3n) is 6.98. The van der Waals surface area contributed by atoms with E-state index in [1.54, 1.807) is 31.4 Å². The van der Waals surface area contributed by atoms with Crippen molar-refractivity contribution >= 4 is 27.8 Å². The molecule has 3 N–H and O–H groups in total. The number of nitrogens with zero attached hydrogens (tertiary/aromatic N) is 3. The number of sulfonamides is 1. The van der Waals surface area contributed by atoms with Crippen LogP contribution >= 0.6 is 0 Å². The maximum Gasteiger partial charge on any atom is 0.238 e. The summed E-state index contributed by atoms with van der Waals surface area (Å²) in [6.07, 6.45) is 2.36. The number of allylic oxidation sites excluding steroid dienone is 3. The smallest absolute Gasteiger partial charge is 0.238 e. The Balaban J connectivity index is 2.03. The van der Waals surface area contributed by atoms with Crippen LogP contribution in [0.1, 0.15) is 45.1 Å². The van der Waals surface area contributed by atoms with E-state index in [9.17, 15) is 18.5 Å². The van der Waals surface area contributed by atoms with Gasteiger partial charge in [-0.2, -0.15) is 5.26 Å². The summed E-state index contributed by atoms with van der Waals surface area (Å²) in [5.74, 6) is 0.685. The average Bonchev–Trinajstić information content (AvgIpc) is 2.91. The Kier molecular flexibility index (Phi) is 8.05. The van der Waals surface area contributed by atoms with Gasteiger partial charge in [0.15, 0.2) is 17.3 Å². The van der Waals surface area contributed by atoms with E-state index in [-0.39, 0.29) is 16.1 Å². The van der Waals surface area contributed by atoms with Gasteiger partial charge in [0.1, 0.15) is 5.82 Å². The molecule has 1 aliphatic carbocycles. The van der Waals surface area contributed by atoms with Crippen molar-refractivity contribution in [1.82, 2.24) is 5.32 Å². The van der Waals surface area contributed by atoms with Crippen molar-refractivity contribution < 1.29 is 22.7 Å². The van der Waals surface area contributed by atoms with Gasteiger partial charge in [0.05, 0.1) is 43.0 Å². The van der Waals surface area contributed by atoms with Crippen LogP contribution in [-0.2, 0) is 14.8 Å². The molecule has 2 aliphatic rings. The Hall–Kier alpha value is -4.14. The predicted molar refractivity (Wildman–Crippen MR) is 152 cm³/mol. The largest absolute Gasteiger partial charge is 0.493 e. The summed E-state index contributed by atoms with van der Waals surface area (Å²) in [5.41, 5.74) is 2.44. The number of carbonyl (C=O) groups excluding carboxylic acids is 1. The first-order chi connectivity index (χ1) is 19.0. The number of aliphatic imine (C=N–C) groups is 1. The fourth-order valence-electron chi connectivity index (χ4n) is 5.26. The number of primary sulfonamides is 1. The molecule has 10 nitrogen and oxygen atoms in total. The molecule has 0 saturated heterocycles. The number of Topliss-reactive ketones (excluding diaryl/α,β-unsaturated/α-hetero) is 1. The number of anilines is 1. The van der Waals surface area contributed by atoms with E-state index in [0.29, 0.717) is 59.1 Å². The van der Waals surface area contributed by atoms with E-state index in [0.717, 1.165) is 5.70 Å². The Bertz CT molecular complexity index is 1570. The lowest BCUT2D eigenvalue weighted by Crippen LogP contribution is -2.43. The van der Waals surface area contributed by atoms with Gasteiger partial charge in [-0.15, -0.1) is 0 Å². The second kappa shape index (κ2) is 11.2. The van der Waals surface area contributed by atoms with E-state index in [4.69, 9.17) is 14.6 Å². The van der Waals surface area contributed by atoms with Gasteiger partial charge in [0, 0.05) is 29.9 Å². The minimum absolute atomic E-state index is 0.0442. The Morgan fingerprint density at radius 3 is 2.40 bits per heavy atom. The van der Waals surface area contributed by atoms with E-state index in [1.165, 1.54) is 25.6 Å². The first-order valence-corrected chi connectivity index (χ1v) is 14.3. The van der Waals surface area contributed by atoms with Crippen molar-refractivity contribution in [3.63, 3.8) is 0 Å². The van der Waals surface area contributed by atoms with Gasteiger partial charge < -0.3 is 14.8 Å². The normalized spacial score (nSPS) is 19.0. The van der Waals surface area contributed by atoms with Gasteiger partial charge >= 0.3 is 0 Å². The molecule has 40 heavy (non-hydrogen) atoms. The van der Waals surface area contributed by atoms with Crippen molar-refractivity contribution in [2.24, 2.45) is 15.5 Å². The van der Waals surface area contributed by atoms with Crippen molar-refractivity contribution in [3.05, 3.63) is 70.7 Å². The molecule has 0 fully saturated rings. The maximum absolute atomic E-state index is 13.9. The Morgan fingerprint density at radius 2 is 1.82 bits per heavy atom. The summed E-state index contributed by atoms with van der Waals surface area (Å²) in [6.45, 7) is 6.46. The SMILES string of the molecule is CCN=CNC1=C(C#N)C(c2ccc(OC)c(OC)c2)C2=C(CC(C)(C)CC2=O)N1c1ccc(S(N)(=O)=O)cc1. The number of hydrogen-bond donors (Lipinski definition) is 2. The number of nitriles is 1. The summed E-state index contributed by atoms with van der Waals surface area (Å²) in [5, 5.41) is 19.1. The number of benzene rings is 2. The zero-order chi connectivity index (χ0) is 29.2. The molecule has 0 amide bonds. The van der Waals surface area contributed by atoms with Gasteiger partial charge in [0.25, 0.3) is 0 Å². The highest BCUT2D eigenvalue weighted by molar-refractivity contribution is 7.89. The number of nitrogens with two attached hydrogens (primary N) is 1. The highest BCUT2D eigenvalue weighted by atomic mass is 32.2. The minimum Gasteiger partial charge on any atom is -0.493 e. The highest BCUT2D eigenvalue weighted by Gasteiger charge is 2.45. The number of rotatable bonds is 8. The molecular formula is C29H33N5O5S. The molecule has 0 aromatic heterocycles. The van der Waals surface area contributed by atoms with Crippen molar-refractivity contribution in [2.45, 2.75) is 44.4 Å². The topological polar surface area (TPSA) is 147 Å². The van der Waals surface area contributed by atoms with Crippen LogP contribution in [0.2, 0.25) is 0 Å². The standard InChI is InChI=1S/C29H33N5O5S/c1-6-32-17-33-28-21(16-30)26(18-7-12-24(38-4)25(13-18)39-5)27-22(14-29(2,3)15-23(27)35)34(28)19-8-10-20(11-9-19)40(31,36)37/h7-13,17,26H,6,14-15H2,1-5H3,(H,32,33)(H2,31,36,37). The molecule has 1 aliphatic heterocycles. The minimum atomic E-state index is -3.91. The quantitative estimate of drug-likeness (QED) is 0.362. The third kappa shape index (κ3) is 5.46. The summed E-state index contributed by atoms with van der Waals surface area (Å²) in [6, 6.07) is 13.8. The number of hydrogen-bond acceptors (Lipinski definition) is 8. The molecule has 210 valence electrons. The molecule has 0 bridgehead atoms. The maximum atomic E-state index is 13.9. The molecular weight excluding hydrogens is 530 g/mol. The zero-order valence-corrected chi connectivity index (χ0v) is 24.0. The molecule has 0 saturated carbocycles. The van der Waals surface area contributed by atoms with Gasteiger partial charge in [-0.25, -0.2) is 13.6 Å². The lowest BCUT2D eigenvalue weighted by molar-refractivity contribution is -0.118. The molecule has 0 radical (unpaired) electrons. The fourth-order valence-corrected chi connectivity index (χ4v) is 5.77. The third-order valence-corrected chi connectivity index (χ3v) is 7.91. The van der Waals surface area contributed by atoms with E-state index in [2.05, 4.69) is 16.4 Å². The van der Waals surface area contributed by atoms with Crippen LogP contribution in [-0.4, -0.2) is 41.3 Å². The van der Waals surface area contributed by atoms with Crippen LogP contribution in [0, 0.1) is 16.7 Å². The summed E-state index contributed by atoms with van der Waals surface area (Å²) >= 11 is 0. The van der Waals surface area contributed by atoms with Gasteiger partial charge in [-0.3, -0.25) is 14.7 Å². The molecule has 2 aromatic rings. The van der Waals surface area contributed by atoms with Crippen LogP contribution in [0.25, 0.3) is 0 Å². The van der Waals surface area contributed by atoms with E-state index >= 15 is 0 Å². The number of methoxy groups -OCH3 is 2.